The second kappa shape index (κ2) is 6.84. The molecule has 0 atom stereocenters. The summed E-state index contributed by atoms with van der Waals surface area (Å²) in [5.41, 5.74) is 3.88. The van der Waals surface area contributed by atoms with Crippen molar-refractivity contribution >= 4 is 33.2 Å². The molecular formula is C18H16Cl2N2O2S. The summed E-state index contributed by atoms with van der Waals surface area (Å²) in [6, 6.07) is 16.0. The molecule has 4 nitrogen and oxygen atoms in total. The molecule has 0 radical (unpaired) electrons. The zero-order chi connectivity index (χ0) is 18.2. The van der Waals surface area contributed by atoms with E-state index in [2.05, 4.69) is 4.57 Å². The summed E-state index contributed by atoms with van der Waals surface area (Å²) in [5.74, 6) is 0. The van der Waals surface area contributed by atoms with Gasteiger partial charge in [0.05, 0.1) is 15.6 Å². The van der Waals surface area contributed by atoms with Crippen LogP contribution in [0, 0.1) is 6.92 Å². The van der Waals surface area contributed by atoms with Crippen LogP contribution in [0.15, 0.2) is 59.5 Å². The smallest absolute Gasteiger partial charge is 0.238 e. The van der Waals surface area contributed by atoms with Crippen LogP contribution < -0.4 is 5.14 Å². The summed E-state index contributed by atoms with van der Waals surface area (Å²) < 4.78 is 24.8. The Morgan fingerprint density at radius 2 is 1.68 bits per heavy atom. The molecule has 130 valence electrons. The van der Waals surface area contributed by atoms with Gasteiger partial charge in [0.2, 0.25) is 10.0 Å². The number of halogens is 2. The molecule has 0 spiro atoms. The van der Waals surface area contributed by atoms with Gasteiger partial charge in [0.15, 0.2) is 0 Å². The highest BCUT2D eigenvalue weighted by Crippen LogP contribution is 2.32. The van der Waals surface area contributed by atoms with E-state index in [0.717, 1.165) is 22.5 Å². The summed E-state index contributed by atoms with van der Waals surface area (Å²) in [4.78, 5) is 0.0986. The van der Waals surface area contributed by atoms with E-state index in [0.29, 0.717) is 16.6 Å². The maximum atomic E-state index is 11.4. The Hall–Kier alpha value is -1.79. The fraction of sp³-hybridized carbons (Fsp3) is 0.111. The van der Waals surface area contributed by atoms with Gasteiger partial charge in [-0.1, -0.05) is 35.3 Å². The Kier molecular flexibility index (Phi) is 4.93. The first-order valence-electron chi connectivity index (χ1n) is 7.49. The number of primary sulfonamides is 1. The zero-order valence-electron chi connectivity index (χ0n) is 13.4. The first-order chi connectivity index (χ1) is 11.8. The van der Waals surface area contributed by atoms with Crippen molar-refractivity contribution in [3.05, 3.63) is 75.9 Å². The molecule has 0 bridgehead atoms. The molecule has 1 heterocycles. The van der Waals surface area contributed by atoms with E-state index in [1.807, 2.05) is 25.1 Å². The van der Waals surface area contributed by atoms with E-state index in [1.165, 1.54) is 12.1 Å². The van der Waals surface area contributed by atoms with E-state index in [4.69, 9.17) is 28.3 Å². The third-order valence-electron chi connectivity index (χ3n) is 4.00. The SMILES string of the molecule is Cc1ccc(-c2ccc(Cl)cc2Cl)n1Cc1ccc(S(N)(=O)=O)cc1. The number of benzene rings is 2. The number of nitrogens with zero attached hydrogens (tertiary/aromatic N) is 1. The van der Waals surface area contributed by atoms with E-state index in [1.54, 1.807) is 24.3 Å². The van der Waals surface area contributed by atoms with Crippen molar-refractivity contribution in [3.63, 3.8) is 0 Å². The third-order valence-corrected chi connectivity index (χ3v) is 5.48. The monoisotopic (exact) mass is 394 g/mol. The van der Waals surface area contributed by atoms with Gasteiger partial charge < -0.3 is 4.57 Å². The fourth-order valence-electron chi connectivity index (χ4n) is 2.68. The standard InChI is InChI=1S/C18H16Cl2N2O2S/c1-12-2-9-18(16-8-5-14(19)10-17(16)20)22(12)11-13-3-6-15(7-4-13)25(21,23)24/h2-10H,11H2,1H3,(H2,21,23,24). The fourth-order valence-corrected chi connectivity index (χ4v) is 3.70. The van der Waals surface area contributed by atoms with Crippen molar-refractivity contribution < 1.29 is 8.42 Å². The number of hydrogen-bond acceptors (Lipinski definition) is 2. The van der Waals surface area contributed by atoms with Crippen LogP contribution >= 0.6 is 23.2 Å². The van der Waals surface area contributed by atoms with Crippen LogP contribution in [-0.4, -0.2) is 13.0 Å². The molecule has 0 aliphatic carbocycles. The van der Waals surface area contributed by atoms with Gasteiger partial charge in [-0.15, -0.1) is 0 Å². The van der Waals surface area contributed by atoms with Crippen LogP contribution in [0.1, 0.15) is 11.3 Å². The molecule has 7 heteroatoms. The highest BCUT2D eigenvalue weighted by molar-refractivity contribution is 7.89. The van der Waals surface area contributed by atoms with E-state index in [-0.39, 0.29) is 4.90 Å². The lowest BCUT2D eigenvalue weighted by Gasteiger charge is -2.14. The molecular weight excluding hydrogens is 379 g/mol. The quantitative estimate of drug-likeness (QED) is 0.709. The van der Waals surface area contributed by atoms with Crippen LogP contribution in [0.2, 0.25) is 10.0 Å². The van der Waals surface area contributed by atoms with Gasteiger partial charge in [-0.05, 0) is 55.0 Å². The molecule has 0 aliphatic rings. The van der Waals surface area contributed by atoms with Crippen molar-refractivity contribution in [1.82, 2.24) is 4.57 Å². The highest BCUT2D eigenvalue weighted by Gasteiger charge is 2.12. The molecule has 0 amide bonds. The van der Waals surface area contributed by atoms with Crippen molar-refractivity contribution in [2.24, 2.45) is 5.14 Å². The largest absolute Gasteiger partial charge is 0.340 e. The van der Waals surface area contributed by atoms with Crippen molar-refractivity contribution in [2.45, 2.75) is 18.4 Å². The van der Waals surface area contributed by atoms with E-state index in [9.17, 15) is 8.42 Å². The van der Waals surface area contributed by atoms with Crippen LogP contribution in [0.5, 0.6) is 0 Å². The average Bonchev–Trinajstić information content (AvgIpc) is 2.88. The summed E-state index contributed by atoms with van der Waals surface area (Å²) in [7, 11) is -3.69. The summed E-state index contributed by atoms with van der Waals surface area (Å²) >= 11 is 12.3. The predicted molar refractivity (Wildman–Crippen MR) is 102 cm³/mol. The van der Waals surface area contributed by atoms with Gasteiger partial charge in [-0.25, -0.2) is 13.6 Å². The maximum absolute atomic E-state index is 11.4. The molecule has 2 aromatic carbocycles. The van der Waals surface area contributed by atoms with Crippen LogP contribution in [0.3, 0.4) is 0 Å². The number of rotatable bonds is 4. The van der Waals surface area contributed by atoms with Gasteiger partial charge >= 0.3 is 0 Å². The van der Waals surface area contributed by atoms with Crippen molar-refractivity contribution in [2.75, 3.05) is 0 Å². The first kappa shape index (κ1) is 18.0. The number of nitrogens with two attached hydrogens (primary N) is 1. The molecule has 25 heavy (non-hydrogen) atoms. The highest BCUT2D eigenvalue weighted by atomic mass is 35.5. The second-order valence-electron chi connectivity index (χ2n) is 5.76. The van der Waals surface area contributed by atoms with Crippen molar-refractivity contribution in [3.8, 4) is 11.3 Å². The van der Waals surface area contributed by atoms with Gasteiger partial charge in [0, 0.05) is 22.8 Å². The summed E-state index contributed by atoms with van der Waals surface area (Å²) in [6.07, 6.45) is 0. The van der Waals surface area contributed by atoms with Gasteiger partial charge in [0.1, 0.15) is 0 Å². The molecule has 0 fully saturated rings. The van der Waals surface area contributed by atoms with Gasteiger partial charge in [-0.3, -0.25) is 0 Å². The lowest BCUT2D eigenvalue weighted by molar-refractivity contribution is 0.597. The molecule has 0 saturated carbocycles. The van der Waals surface area contributed by atoms with Crippen LogP contribution in [0.4, 0.5) is 0 Å². The summed E-state index contributed by atoms with van der Waals surface area (Å²) in [5, 5.41) is 6.30. The van der Waals surface area contributed by atoms with Gasteiger partial charge in [0.25, 0.3) is 0 Å². The Morgan fingerprint density at radius 1 is 1.00 bits per heavy atom. The minimum Gasteiger partial charge on any atom is -0.340 e. The maximum Gasteiger partial charge on any atom is 0.238 e. The molecule has 1 aromatic heterocycles. The second-order valence-corrected chi connectivity index (χ2v) is 8.16. The normalized spacial score (nSPS) is 11.7. The molecule has 0 aliphatic heterocycles. The van der Waals surface area contributed by atoms with Crippen LogP contribution in [-0.2, 0) is 16.6 Å². The minimum atomic E-state index is -3.69. The van der Waals surface area contributed by atoms with Crippen LogP contribution in [0.25, 0.3) is 11.3 Å². The van der Waals surface area contributed by atoms with Crippen molar-refractivity contribution in [1.29, 1.82) is 0 Å². The number of sulfonamides is 1. The van der Waals surface area contributed by atoms with E-state index >= 15 is 0 Å². The zero-order valence-corrected chi connectivity index (χ0v) is 15.7. The van der Waals surface area contributed by atoms with Gasteiger partial charge in [-0.2, -0.15) is 0 Å². The lowest BCUT2D eigenvalue weighted by atomic mass is 10.1. The molecule has 2 N–H and O–H groups in total. The van der Waals surface area contributed by atoms with E-state index < -0.39 is 10.0 Å². The predicted octanol–water partition coefficient (Wildman–Crippen LogP) is 4.47. The number of aryl methyl sites for hydroxylation is 1. The molecule has 3 rings (SSSR count). The first-order valence-corrected chi connectivity index (χ1v) is 9.79. The molecule has 0 unspecified atom stereocenters. The Morgan fingerprint density at radius 3 is 2.28 bits per heavy atom. The average molecular weight is 395 g/mol. The lowest BCUT2D eigenvalue weighted by Crippen LogP contribution is -2.12. The molecule has 3 aromatic rings. The Bertz CT molecular complexity index is 1030. The minimum absolute atomic E-state index is 0.0986. The topological polar surface area (TPSA) is 65.1 Å². The Balaban J connectivity index is 1.97. The third kappa shape index (κ3) is 3.90. The Labute approximate surface area is 156 Å². The number of aromatic nitrogens is 1. The summed E-state index contributed by atoms with van der Waals surface area (Å²) in [6.45, 7) is 2.59. The molecule has 0 saturated heterocycles. The number of hydrogen-bond donors (Lipinski definition) is 1.